The van der Waals surface area contributed by atoms with Crippen LogP contribution in [0.1, 0.15) is 211 Å². The summed E-state index contributed by atoms with van der Waals surface area (Å²) < 4.78 is 4.58. The van der Waals surface area contributed by atoms with Crippen LogP contribution >= 0.6 is 11.3 Å². The minimum Gasteiger partial charge on any atom is -0.473 e. The first kappa shape index (κ1) is 104. The van der Waals surface area contributed by atoms with Crippen molar-refractivity contribution in [3.05, 3.63) is 329 Å². The van der Waals surface area contributed by atoms with Gasteiger partial charge in [-0.25, -0.2) is 0 Å². The molecule has 0 radical (unpaired) electrons. The zero-order chi connectivity index (χ0) is 73.0. The molecule has 3 heteroatoms. The number of rotatable bonds is 3. The van der Waals surface area contributed by atoms with Gasteiger partial charge in [-0.1, -0.05) is 413 Å². The Labute approximate surface area is 582 Å². The Bertz CT molecular complexity index is 2670. The first-order valence-electron chi connectivity index (χ1n) is 35.3. The second-order valence-electron chi connectivity index (χ2n) is 16.0. The molecule has 0 saturated heterocycles. The lowest BCUT2D eigenvalue weighted by atomic mass is 10.00. The number of fused-ring (bicyclic) bond motifs is 1. The van der Waals surface area contributed by atoms with Gasteiger partial charge in [0.1, 0.15) is 0 Å². The van der Waals surface area contributed by atoms with Gasteiger partial charge in [0, 0.05) is 11.9 Å². The first-order chi connectivity index (χ1) is 45.8. The molecule has 0 aliphatic heterocycles. The normalized spacial score (nSPS) is 7.72. The van der Waals surface area contributed by atoms with Crippen molar-refractivity contribution in [1.29, 1.82) is 0 Å². The molecule has 0 fully saturated rings. The summed E-state index contributed by atoms with van der Waals surface area (Å²) in [4.78, 5) is 3.98. The summed E-state index contributed by atoms with van der Waals surface area (Å²) in [6.45, 7) is 60.6. The highest BCUT2D eigenvalue weighted by molar-refractivity contribution is 7.07. The quantitative estimate of drug-likeness (QED) is 0.176. The molecule has 8 aromatic carbocycles. The smallest absolute Gasteiger partial charge is 0.0902 e. The minimum absolute atomic E-state index is 1.03. The Morgan fingerprint density at radius 2 is 0.581 bits per heavy atom. The van der Waals surface area contributed by atoms with E-state index < -0.39 is 0 Å². The highest BCUT2D eigenvalue weighted by Crippen LogP contribution is 2.19. The number of hydrogen-bond acceptors (Lipinski definition) is 3. The highest BCUT2D eigenvalue weighted by atomic mass is 32.1. The van der Waals surface area contributed by atoms with Crippen molar-refractivity contribution in [3.63, 3.8) is 0 Å². The Kier molecular flexibility index (Phi) is 104. The molecule has 11 aromatic rings. The fraction of sp³-hybridized carbons (Fsp3) is 0.344. The lowest BCUT2D eigenvalue weighted by Crippen LogP contribution is -1.90. The molecule has 0 unspecified atom stereocenters. The monoisotopic (exact) mass is 1280 g/mol. The number of benzene rings is 8. The van der Waals surface area contributed by atoms with Gasteiger partial charge in [-0.15, -0.1) is 0 Å². The average molecular weight is 1280 g/mol. The van der Waals surface area contributed by atoms with Crippen molar-refractivity contribution in [2.45, 2.75) is 214 Å². The molecule has 0 bridgehead atoms. The largest absolute Gasteiger partial charge is 0.473 e. The number of nitrogens with zero attached hydrogens (tertiary/aromatic N) is 1. The molecule has 0 N–H and O–H groups in total. The molecule has 0 atom stereocenters. The summed E-state index contributed by atoms with van der Waals surface area (Å²) in [5, 5.41) is 6.70. The molecular formula is C90H139NOS. The van der Waals surface area contributed by atoms with E-state index in [9.17, 15) is 0 Å². The lowest BCUT2D eigenvalue weighted by Gasteiger charge is -2.06. The topological polar surface area (TPSA) is 26.0 Å². The molecule has 2 nitrogen and oxygen atoms in total. The van der Waals surface area contributed by atoms with E-state index in [0.29, 0.717) is 0 Å². The Morgan fingerprint density at radius 3 is 0.860 bits per heavy atom. The van der Waals surface area contributed by atoms with Gasteiger partial charge < -0.3 is 4.42 Å². The van der Waals surface area contributed by atoms with Crippen LogP contribution in [-0.4, -0.2) is 4.98 Å². The summed E-state index contributed by atoms with van der Waals surface area (Å²) in [5.41, 5.74) is 13.1. The molecule has 0 saturated carbocycles. The summed E-state index contributed by atoms with van der Waals surface area (Å²) in [5.74, 6) is 0. The van der Waals surface area contributed by atoms with Crippen LogP contribution < -0.4 is 0 Å². The third-order valence-corrected chi connectivity index (χ3v) is 10.8. The van der Waals surface area contributed by atoms with E-state index in [4.69, 9.17) is 0 Å². The van der Waals surface area contributed by atoms with Gasteiger partial charge in [0.05, 0.1) is 12.5 Å². The predicted molar refractivity (Wildman–Crippen MR) is 436 cm³/mol. The van der Waals surface area contributed by atoms with Crippen molar-refractivity contribution < 1.29 is 4.42 Å². The van der Waals surface area contributed by atoms with Crippen molar-refractivity contribution in [1.82, 2.24) is 4.98 Å². The maximum atomic E-state index is 4.58. The van der Waals surface area contributed by atoms with Gasteiger partial charge in [-0.05, 0) is 127 Å². The zero-order valence-corrected chi connectivity index (χ0v) is 65.9. The van der Waals surface area contributed by atoms with Crippen LogP contribution in [0.25, 0.3) is 21.9 Å². The molecule has 0 spiro atoms. The Morgan fingerprint density at radius 1 is 0.269 bits per heavy atom. The zero-order valence-electron chi connectivity index (χ0n) is 65.1. The molecule has 0 amide bonds. The van der Waals surface area contributed by atoms with Crippen LogP contribution in [0.2, 0.25) is 0 Å². The van der Waals surface area contributed by atoms with Crippen LogP contribution in [-0.2, 0) is 6.42 Å². The van der Waals surface area contributed by atoms with Gasteiger partial charge in [-0.3, -0.25) is 4.98 Å². The van der Waals surface area contributed by atoms with E-state index >= 15 is 0 Å². The van der Waals surface area contributed by atoms with Crippen LogP contribution in [0.15, 0.2) is 289 Å². The van der Waals surface area contributed by atoms with Crippen LogP contribution in [0.4, 0.5) is 0 Å². The Hall–Kier alpha value is -7.85. The standard InChI is InChI=1S/C16H18.C13H12.C10H8.C7H8.C6H7N.C6H6.C4H4O.C4H4S.12C2H6/c1-12-4-7-15(8-5-12)11-16-9-6-13(2)14(3)10-16;1-11-7-9-13(10-8-11)12-5-3-2-4-6-12;1-2-6-10-8-4-3-7-9(10)5-1;1-7-5-3-2-4-6-7;1-6-4-2-3-5-7-6;1-2-4-6-5-3-1;2*1-2-4-5-3-1;12*1-2/h4-10H,11H2,1-3H3;2-10H,1H3;1-8H;2-6H,1H3;2-5H,1H3;1-6H;2*1-4H;12*1-2H3. The first-order valence-corrected chi connectivity index (χ1v) is 36.2. The number of thiophene rings is 1. The van der Waals surface area contributed by atoms with Crippen molar-refractivity contribution >= 4 is 22.1 Å². The molecular weight excluding hydrogens is 1140 g/mol. The molecule has 0 aliphatic carbocycles. The van der Waals surface area contributed by atoms with Crippen LogP contribution in [0.5, 0.6) is 0 Å². The molecule has 3 heterocycles. The van der Waals surface area contributed by atoms with Gasteiger partial charge in [0.2, 0.25) is 0 Å². The second kappa shape index (κ2) is 92.9. The van der Waals surface area contributed by atoms with Gasteiger partial charge in [0.25, 0.3) is 0 Å². The molecule has 93 heavy (non-hydrogen) atoms. The highest BCUT2D eigenvalue weighted by Gasteiger charge is 1.99. The Balaban J connectivity index is -0.000000121. The number of hydrogen-bond donors (Lipinski definition) is 0. The number of pyridine rings is 1. The summed E-state index contributed by atoms with van der Waals surface area (Å²) >= 11 is 1.71. The van der Waals surface area contributed by atoms with E-state index in [1.807, 2.05) is 287 Å². The average Bonchev–Trinajstić information content (AvgIpc) is 4.48. The maximum Gasteiger partial charge on any atom is 0.0902 e. The summed E-state index contributed by atoms with van der Waals surface area (Å²) in [6, 6.07) is 87.1. The molecule has 3 aromatic heterocycles. The van der Waals surface area contributed by atoms with Gasteiger partial charge in [-0.2, -0.15) is 11.3 Å². The molecule has 0 aliphatic rings. The predicted octanol–water partition coefficient (Wildman–Crippen LogP) is 31.1. The lowest BCUT2D eigenvalue weighted by molar-refractivity contribution is 0.567. The fourth-order valence-corrected chi connectivity index (χ4v) is 6.64. The number of aromatic nitrogens is 1. The molecule has 516 valence electrons. The summed E-state index contributed by atoms with van der Waals surface area (Å²) in [7, 11) is 0. The summed E-state index contributed by atoms with van der Waals surface area (Å²) in [6.07, 6.45) is 6.07. The van der Waals surface area contributed by atoms with Crippen molar-refractivity contribution in [2.75, 3.05) is 0 Å². The van der Waals surface area contributed by atoms with E-state index in [2.05, 4.69) is 196 Å². The maximum absolute atomic E-state index is 4.58. The molecule has 11 rings (SSSR count). The minimum atomic E-state index is 1.03. The SMILES string of the molecule is CC.CC.CC.CC.CC.CC.CC.CC.CC.CC.CC.CC.Cc1ccc(-c2ccccc2)cc1.Cc1ccc(Cc2ccc(C)c(C)c2)cc1.Cc1ccccc1.Cc1ccccn1.c1ccc2ccccc2c1.c1ccccc1.c1ccoc1.c1ccsc1. The third-order valence-electron chi connectivity index (χ3n) is 10.2. The van der Waals surface area contributed by atoms with E-state index in [1.54, 1.807) is 30.1 Å². The number of furan rings is 1. The van der Waals surface area contributed by atoms with E-state index in [1.165, 1.54) is 60.8 Å². The number of aryl methyl sites for hydroxylation is 6. The van der Waals surface area contributed by atoms with E-state index in [0.717, 1.165) is 12.1 Å². The van der Waals surface area contributed by atoms with Gasteiger partial charge >= 0.3 is 0 Å². The fourth-order valence-electron chi connectivity index (χ4n) is 6.19. The van der Waals surface area contributed by atoms with Crippen molar-refractivity contribution in [2.24, 2.45) is 0 Å². The second-order valence-corrected chi connectivity index (χ2v) is 16.8. The van der Waals surface area contributed by atoms with E-state index in [-0.39, 0.29) is 0 Å². The van der Waals surface area contributed by atoms with Crippen LogP contribution in [0.3, 0.4) is 0 Å². The van der Waals surface area contributed by atoms with Crippen LogP contribution in [0, 0.1) is 41.5 Å². The third kappa shape index (κ3) is 68.4. The van der Waals surface area contributed by atoms with Crippen molar-refractivity contribution in [3.8, 4) is 11.1 Å². The van der Waals surface area contributed by atoms with Gasteiger partial charge in [0.15, 0.2) is 0 Å².